The van der Waals surface area contributed by atoms with Crippen LogP contribution in [0.3, 0.4) is 0 Å². The molecule has 1 heterocycles. The summed E-state index contributed by atoms with van der Waals surface area (Å²) in [5.74, 6) is 0.638. The average molecular weight is 245 g/mol. The Morgan fingerprint density at radius 3 is 2.33 bits per heavy atom. The van der Waals surface area contributed by atoms with Crippen molar-refractivity contribution >= 4 is 0 Å². The van der Waals surface area contributed by atoms with Gasteiger partial charge < -0.3 is 5.73 Å². The van der Waals surface area contributed by atoms with Gasteiger partial charge in [0.15, 0.2) is 5.82 Å². The molecule has 2 aromatic rings. The normalized spacial score (nSPS) is 13.6. The SMILES string of the molecule is CC(C)(C)c1ccc(C(CN)c2nn[nH]n2)cc1. The topological polar surface area (TPSA) is 80.5 Å². The van der Waals surface area contributed by atoms with Crippen LogP contribution < -0.4 is 5.73 Å². The highest BCUT2D eigenvalue weighted by Gasteiger charge is 2.18. The number of tetrazole rings is 1. The quantitative estimate of drug-likeness (QED) is 0.860. The van der Waals surface area contributed by atoms with E-state index in [1.54, 1.807) is 0 Å². The minimum Gasteiger partial charge on any atom is -0.329 e. The van der Waals surface area contributed by atoms with E-state index in [9.17, 15) is 0 Å². The molecule has 0 saturated heterocycles. The Morgan fingerprint density at radius 2 is 1.89 bits per heavy atom. The minimum atomic E-state index is -0.00207. The summed E-state index contributed by atoms with van der Waals surface area (Å²) in [6.07, 6.45) is 0. The van der Waals surface area contributed by atoms with Crippen LogP contribution in [0, 0.1) is 0 Å². The van der Waals surface area contributed by atoms with Crippen LogP contribution in [0.4, 0.5) is 0 Å². The Morgan fingerprint density at radius 1 is 1.22 bits per heavy atom. The van der Waals surface area contributed by atoms with E-state index >= 15 is 0 Å². The number of rotatable bonds is 3. The lowest BCUT2D eigenvalue weighted by atomic mass is 9.85. The van der Waals surface area contributed by atoms with E-state index in [4.69, 9.17) is 5.73 Å². The van der Waals surface area contributed by atoms with Gasteiger partial charge in [-0.05, 0) is 16.5 Å². The molecule has 3 N–H and O–H groups in total. The molecule has 5 nitrogen and oxygen atoms in total. The number of hydrogen-bond acceptors (Lipinski definition) is 4. The second-order valence-electron chi connectivity index (χ2n) is 5.43. The van der Waals surface area contributed by atoms with Crippen molar-refractivity contribution in [2.45, 2.75) is 32.1 Å². The maximum Gasteiger partial charge on any atom is 0.183 e. The van der Waals surface area contributed by atoms with Gasteiger partial charge in [0.05, 0.1) is 5.92 Å². The first-order valence-electron chi connectivity index (χ1n) is 6.06. The minimum absolute atomic E-state index is 0.00207. The highest BCUT2D eigenvalue weighted by Crippen LogP contribution is 2.25. The third kappa shape index (κ3) is 2.56. The third-order valence-corrected chi connectivity index (χ3v) is 3.09. The zero-order valence-corrected chi connectivity index (χ0v) is 11.0. The highest BCUT2D eigenvalue weighted by molar-refractivity contribution is 5.32. The van der Waals surface area contributed by atoms with Gasteiger partial charge in [-0.2, -0.15) is 5.21 Å². The molecule has 96 valence electrons. The summed E-state index contributed by atoms with van der Waals surface area (Å²) in [5.41, 5.74) is 8.37. The molecule has 0 aliphatic carbocycles. The van der Waals surface area contributed by atoms with Crippen LogP contribution in [0.2, 0.25) is 0 Å². The third-order valence-electron chi connectivity index (χ3n) is 3.09. The van der Waals surface area contributed by atoms with Gasteiger partial charge in [-0.15, -0.1) is 10.2 Å². The van der Waals surface area contributed by atoms with Crippen molar-refractivity contribution < 1.29 is 0 Å². The van der Waals surface area contributed by atoms with Crippen molar-refractivity contribution in [3.05, 3.63) is 41.2 Å². The lowest BCUT2D eigenvalue weighted by Gasteiger charge is -2.20. The van der Waals surface area contributed by atoms with E-state index in [0.29, 0.717) is 12.4 Å². The summed E-state index contributed by atoms with van der Waals surface area (Å²) in [6.45, 7) is 7.05. The largest absolute Gasteiger partial charge is 0.329 e. The molecule has 1 atom stereocenters. The van der Waals surface area contributed by atoms with Gasteiger partial charge in [-0.3, -0.25) is 0 Å². The lowest BCUT2D eigenvalue weighted by molar-refractivity contribution is 0.589. The molecule has 1 unspecified atom stereocenters. The first-order chi connectivity index (χ1) is 8.52. The predicted octanol–water partition coefficient (Wildman–Crippen LogP) is 1.59. The first kappa shape index (κ1) is 12.7. The van der Waals surface area contributed by atoms with Crippen molar-refractivity contribution in [3.8, 4) is 0 Å². The summed E-state index contributed by atoms with van der Waals surface area (Å²) in [4.78, 5) is 0. The molecule has 0 aliphatic heterocycles. The molecule has 1 aromatic carbocycles. The van der Waals surface area contributed by atoms with E-state index in [2.05, 4.69) is 65.7 Å². The van der Waals surface area contributed by atoms with Crippen LogP contribution in [0.1, 0.15) is 43.6 Å². The van der Waals surface area contributed by atoms with Gasteiger partial charge in [-0.25, -0.2) is 0 Å². The second-order valence-corrected chi connectivity index (χ2v) is 5.43. The Kier molecular flexibility index (Phi) is 3.43. The molecule has 5 heteroatoms. The van der Waals surface area contributed by atoms with E-state index in [1.807, 2.05) is 0 Å². The standard InChI is InChI=1S/C13H19N5/c1-13(2,3)10-6-4-9(5-7-10)11(8-14)12-15-17-18-16-12/h4-7,11H,8,14H2,1-3H3,(H,15,16,17,18). The van der Waals surface area contributed by atoms with Crippen molar-refractivity contribution in [2.75, 3.05) is 6.54 Å². The summed E-state index contributed by atoms with van der Waals surface area (Å²) in [6, 6.07) is 8.46. The number of H-pyrrole nitrogens is 1. The number of aromatic amines is 1. The van der Waals surface area contributed by atoms with Crippen LogP contribution in [0.5, 0.6) is 0 Å². The van der Waals surface area contributed by atoms with Gasteiger partial charge in [0.25, 0.3) is 0 Å². The van der Waals surface area contributed by atoms with Gasteiger partial charge >= 0.3 is 0 Å². The van der Waals surface area contributed by atoms with Crippen molar-refractivity contribution in [1.29, 1.82) is 0 Å². The molecule has 0 bridgehead atoms. The summed E-state index contributed by atoms with van der Waals surface area (Å²) in [5, 5.41) is 14.1. The summed E-state index contributed by atoms with van der Waals surface area (Å²) in [7, 11) is 0. The molecule has 0 aliphatic rings. The molecule has 0 saturated carbocycles. The fourth-order valence-electron chi connectivity index (χ4n) is 1.92. The van der Waals surface area contributed by atoms with Gasteiger partial charge in [0.1, 0.15) is 0 Å². The molecular formula is C13H19N5. The molecule has 18 heavy (non-hydrogen) atoms. The molecule has 1 aromatic heterocycles. The summed E-state index contributed by atoms with van der Waals surface area (Å²) >= 11 is 0. The van der Waals surface area contributed by atoms with Crippen LogP contribution >= 0.6 is 0 Å². The lowest BCUT2D eigenvalue weighted by Crippen LogP contribution is -2.16. The van der Waals surface area contributed by atoms with Gasteiger partial charge in [-0.1, -0.05) is 50.3 Å². The number of nitrogens with two attached hydrogens (primary N) is 1. The van der Waals surface area contributed by atoms with Crippen LogP contribution in [-0.2, 0) is 5.41 Å². The van der Waals surface area contributed by atoms with Gasteiger partial charge in [0.2, 0.25) is 0 Å². The first-order valence-corrected chi connectivity index (χ1v) is 6.06. The zero-order valence-electron chi connectivity index (χ0n) is 11.0. The van der Waals surface area contributed by atoms with E-state index in [1.165, 1.54) is 5.56 Å². The fourth-order valence-corrected chi connectivity index (χ4v) is 1.92. The van der Waals surface area contributed by atoms with E-state index in [-0.39, 0.29) is 11.3 Å². The highest BCUT2D eigenvalue weighted by atomic mass is 15.5. The Hall–Kier alpha value is -1.75. The number of aromatic nitrogens is 4. The molecule has 0 radical (unpaired) electrons. The molecule has 0 fully saturated rings. The van der Waals surface area contributed by atoms with E-state index in [0.717, 1.165) is 5.56 Å². The van der Waals surface area contributed by atoms with Crippen molar-refractivity contribution in [3.63, 3.8) is 0 Å². The van der Waals surface area contributed by atoms with Crippen LogP contribution in [-0.4, -0.2) is 27.2 Å². The number of benzene rings is 1. The molecular weight excluding hydrogens is 226 g/mol. The van der Waals surface area contributed by atoms with Crippen LogP contribution in [0.25, 0.3) is 0 Å². The van der Waals surface area contributed by atoms with Crippen molar-refractivity contribution in [2.24, 2.45) is 5.73 Å². The second kappa shape index (κ2) is 4.86. The molecule has 2 rings (SSSR count). The Bertz CT molecular complexity index is 481. The maximum atomic E-state index is 5.80. The van der Waals surface area contributed by atoms with Crippen LogP contribution in [0.15, 0.2) is 24.3 Å². The predicted molar refractivity (Wildman–Crippen MR) is 70.2 cm³/mol. The van der Waals surface area contributed by atoms with Crippen molar-refractivity contribution in [1.82, 2.24) is 20.6 Å². The van der Waals surface area contributed by atoms with E-state index < -0.39 is 0 Å². The number of nitrogens with zero attached hydrogens (tertiary/aromatic N) is 3. The molecule has 0 amide bonds. The monoisotopic (exact) mass is 245 g/mol. The zero-order chi connectivity index (χ0) is 13.2. The Labute approximate surface area is 107 Å². The maximum absolute atomic E-state index is 5.80. The number of hydrogen-bond donors (Lipinski definition) is 2. The number of nitrogens with one attached hydrogen (secondary N) is 1. The fraction of sp³-hybridized carbons (Fsp3) is 0.462. The van der Waals surface area contributed by atoms with Gasteiger partial charge in [0, 0.05) is 6.54 Å². The average Bonchev–Trinajstić information content (AvgIpc) is 2.83. The molecule has 0 spiro atoms. The Balaban J connectivity index is 2.28. The smallest absolute Gasteiger partial charge is 0.183 e. The summed E-state index contributed by atoms with van der Waals surface area (Å²) < 4.78 is 0.